The fraction of sp³-hybridized carbons (Fsp3) is 0.294. The van der Waals surface area contributed by atoms with E-state index in [1.807, 2.05) is 0 Å². The number of nitriles is 1. The zero-order valence-electron chi connectivity index (χ0n) is 13.2. The molecular formula is C17H15F3N4. The smallest absolute Gasteiger partial charge is 0.261 e. The quantitative estimate of drug-likeness (QED) is 0.831. The summed E-state index contributed by atoms with van der Waals surface area (Å²) in [6.07, 6.45) is -0.955. The standard InChI is InChI=1S/C17H15F3N4/c1-11-9-15(14-6-4-3-5-13(14)10-21)22-16-7-8-23(24(11)16)12(2)17(18,19)20/h3-7,9,12H,8H2,1-2H3/t12-/m1/s1. The van der Waals surface area contributed by atoms with Gasteiger partial charge in [0.1, 0.15) is 11.9 Å². The molecule has 0 N–H and O–H groups in total. The minimum Gasteiger partial charge on any atom is -0.261 e. The van der Waals surface area contributed by atoms with Crippen molar-refractivity contribution in [3.63, 3.8) is 0 Å². The van der Waals surface area contributed by atoms with Crippen molar-refractivity contribution in [3.8, 4) is 6.07 Å². The number of nitrogens with zero attached hydrogens (tertiary/aromatic N) is 4. The number of halogens is 3. The normalized spacial score (nSPS) is 19.2. The minimum atomic E-state index is -4.32. The molecule has 0 amide bonds. The Morgan fingerprint density at radius 2 is 2.00 bits per heavy atom. The summed E-state index contributed by atoms with van der Waals surface area (Å²) in [7, 11) is 0. The van der Waals surface area contributed by atoms with Gasteiger partial charge in [-0.3, -0.25) is 5.01 Å². The van der Waals surface area contributed by atoms with Crippen LogP contribution >= 0.6 is 0 Å². The van der Waals surface area contributed by atoms with Crippen LogP contribution in [0.3, 0.4) is 0 Å². The molecule has 1 aromatic carbocycles. The Hall–Kier alpha value is -2.59. The van der Waals surface area contributed by atoms with Crippen molar-refractivity contribution in [1.29, 1.82) is 5.26 Å². The van der Waals surface area contributed by atoms with Crippen LogP contribution in [0.1, 0.15) is 25.0 Å². The Balaban J connectivity index is 1.96. The number of hydrogen-bond acceptors (Lipinski definition) is 4. The lowest BCUT2D eigenvalue weighted by atomic mass is 10.0. The van der Waals surface area contributed by atoms with Gasteiger partial charge in [0.05, 0.1) is 17.3 Å². The maximum Gasteiger partial charge on any atom is 0.405 e. The largest absolute Gasteiger partial charge is 0.405 e. The second-order valence-corrected chi connectivity index (χ2v) is 5.65. The molecular weight excluding hydrogens is 317 g/mol. The number of fused-ring (bicyclic) bond motifs is 1. The molecule has 3 rings (SSSR count). The molecule has 24 heavy (non-hydrogen) atoms. The highest BCUT2D eigenvalue weighted by molar-refractivity contribution is 6.11. The van der Waals surface area contributed by atoms with Gasteiger partial charge in [-0.15, -0.1) is 0 Å². The van der Waals surface area contributed by atoms with Crippen LogP contribution in [0.5, 0.6) is 0 Å². The Bertz CT molecular complexity index is 799. The van der Waals surface area contributed by atoms with E-state index in [-0.39, 0.29) is 6.54 Å². The molecule has 1 aromatic rings. The first-order chi connectivity index (χ1) is 11.3. The molecule has 0 saturated carbocycles. The van der Waals surface area contributed by atoms with Crippen molar-refractivity contribution in [2.45, 2.75) is 26.1 Å². The monoisotopic (exact) mass is 332 g/mol. The molecule has 0 aliphatic carbocycles. The van der Waals surface area contributed by atoms with Crippen LogP contribution in [0.15, 0.2) is 52.9 Å². The van der Waals surface area contributed by atoms with Gasteiger partial charge >= 0.3 is 6.18 Å². The van der Waals surface area contributed by atoms with Gasteiger partial charge in [0.2, 0.25) is 0 Å². The van der Waals surface area contributed by atoms with Crippen molar-refractivity contribution in [2.24, 2.45) is 4.99 Å². The Labute approximate surface area is 137 Å². The number of rotatable bonds is 2. The van der Waals surface area contributed by atoms with Crippen molar-refractivity contribution in [1.82, 2.24) is 10.0 Å². The summed E-state index contributed by atoms with van der Waals surface area (Å²) < 4.78 is 39.1. The van der Waals surface area contributed by atoms with Crippen LogP contribution in [0.4, 0.5) is 13.2 Å². The molecule has 0 bridgehead atoms. The molecule has 0 spiro atoms. The predicted octanol–water partition coefficient (Wildman–Crippen LogP) is 3.59. The minimum absolute atomic E-state index is 0.137. The highest BCUT2D eigenvalue weighted by Crippen LogP contribution is 2.34. The summed E-state index contributed by atoms with van der Waals surface area (Å²) in [6, 6.07) is 7.53. The van der Waals surface area contributed by atoms with Crippen LogP contribution in [0.25, 0.3) is 0 Å². The molecule has 2 aliphatic rings. The Morgan fingerprint density at radius 1 is 1.29 bits per heavy atom. The van der Waals surface area contributed by atoms with Crippen LogP contribution in [-0.4, -0.2) is 34.5 Å². The molecule has 1 atom stereocenters. The number of hydrogen-bond donors (Lipinski definition) is 0. The Morgan fingerprint density at radius 3 is 2.67 bits per heavy atom. The predicted molar refractivity (Wildman–Crippen MR) is 83.6 cm³/mol. The maximum atomic E-state index is 13.0. The first kappa shape index (κ1) is 16.3. The topological polar surface area (TPSA) is 42.6 Å². The third kappa shape index (κ3) is 2.69. The molecule has 0 fully saturated rings. The molecule has 0 unspecified atom stereocenters. The lowest BCUT2D eigenvalue weighted by Crippen LogP contribution is -2.49. The van der Waals surface area contributed by atoms with Gasteiger partial charge in [-0.05, 0) is 32.1 Å². The van der Waals surface area contributed by atoms with E-state index in [1.54, 1.807) is 43.3 Å². The number of alkyl halides is 3. The summed E-state index contributed by atoms with van der Waals surface area (Å²) in [5.41, 5.74) is 2.36. The second-order valence-electron chi connectivity index (χ2n) is 5.65. The van der Waals surface area contributed by atoms with E-state index in [9.17, 15) is 18.4 Å². The van der Waals surface area contributed by atoms with Crippen molar-refractivity contribution < 1.29 is 13.2 Å². The fourth-order valence-electron chi connectivity index (χ4n) is 2.81. The molecule has 4 nitrogen and oxygen atoms in total. The molecule has 2 heterocycles. The van der Waals surface area contributed by atoms with E-state index in [0.717, 1.165) is 6.92 Å². The summed E-state index contributed by atoms with van der Waals surface area (Å²) in [4.78, 5) is 4.45. The van der Waals surface area contributed by atoms with Gasteiger partial charge in [0, 0.05) is 17.8 Å². The van der Waals surface area contributed by atoms with Crippen molar-refractivity contribution in [2.75, 3.05) is 6.54 Å². The molecule has 0 aromatic heterocycles. The molecule has 0 radical (unpaired) electrons. The number of allylic oxidation sites excluding steroid dienone is 2. The van der Waals surface area contributed by atoms with Gasteiger partial charge < -0.3 is 0 Å². The van der Waals surface area contributed by atoms with E-state index >= 15 is 0 Å². The lowest BCUT2D eigenvalue weighted by Gasteiger charge is -2.38. The number of aliphatic imine (C=N–C) groups is 1. The van der Waals surface area contributed by atoms with Crippen LogP contribution in [-0.2, 0) is 0 Å². The van der Waals surface area contributed by atoms with Crippen LogP contribution < -0.4 is 0 Å². The molecule has 2 aliphatic heterocycles. The van der Waals surface area contributed by atoms with E-state index < -0.39 is 12.2 Å². The highest BCUT2D eigenvalue weighted by atomic mass is 19.4. The second kappa shape index (κ2) is 5.80. The van der Waals surface area contributed by atoms with E-state index in [0.29, 0.717) is 28.4 Å². The van der Waals surface area contributed by atoms with E-state index in [4.69, 9.17) is 0 Å². The molecule has 0 saturated heterocycles. The SMILES string of the molecule is CC1=CC(c2ccccc2C#N)=NC2=CCN([C@H](C)C(F)(F)F)N12. The fourth-order valence-corrected chi connectivity index (χ4v) is 2.81. The third-order valence-electron chi connectivity index (χ3n) is 4.09. The van der Waals surface area contributed by atoms with Gasteiger partial charge in [-0.1, -0.05) is 18.2 Å². The van der Waals surface area contributed by atoms with Gasteiger partial charge in [-0.25, -0.2) is 4.99 Å². The zero-order chi connectivity index (χ0) is 17.5. The van der Waals surface area contributed by atoms with Gasteiger partial charge in [0.25, 0.3) is 0 Å². The average molecular weight is 332 g/mol. The van der Waals surface area contributed by atoms with E-state index in [1.165, 1.54) is 10.0 Å². The third-order valence-corrected chi connectivity index (χ3v) is 4.09. The summed E-state index contributed by atoms with van der Waals surface area (Å²) in [6.45, 7) is 3.01. The van der Waals surface area contributed by atoms with Crippen LogP contribution in [0.2, 0.25) is 0 Å². The molecule has 7 heteroatoms. The summed E-state index contributed by atoms with van der Waals surface area (Å²) >= 11 is 0. The number of benzene rings is 1. The average Bonchev–Trinajstić information content (AvgIpc) is 2.97. The maximum absolute atomic E-state index is 13.0. The summed E-state index contributed by atoms with van der Waals surface area (Å²) in [5.74, 6) is 0.453. The summed E-state index contributed by atoms with van der Waals surface area (Å²) in [5, 5.41) is 11.9. The first-order valence-corrected chi connectivity index (χ1v) is 7.43. The van der Waals surface area contributed by atoms with Crippen LogP contribution in [0, 0.1) is 11.3 Å². The first-order valence-electron chi connectivity index (χ1n) is 7.43. The lowest BCUT2D eigenvalue weighted by molar-refractivity contribution is -0.201. The van der Waals surface area contributed by atoms with Crippen molar-refractivity contribution in [3.05, 3.63) is 59.1 Å². The highest BCUT2D eigenvalue weighted by Gasteiger charge is 2.45. The Kier molecular flexibility index (Phi) is 3.93. The van der Waals surface area contributed by atoms with E-state index in [2.05, 4.69) is 11.1 Å². The van der Waals surface area contributed by atoms with Gasteiger partial charge in [0.15, 0.2) is 0 Å². The van der Waals surface area contributed by atoms with Crippen molar-refractivity contribution >= 4 is 5.71 Å². The molecule has 124 valence electrons. The number of hydrazine groups is 1. The zero-order valence-corrected chi connectivity index (χ0v) is 13.2. The van der Waals surface area contributed by atoms with Gasteiger partial charge in [-0.2, -0.15) is 23.4 Å².